The Morgan fingerprint density at radius 1 is 1.47 bits per heavy atom. The molecular formula is C10H6BrNO3. The molecular weight excluding hydrogens is 262 g/mol. The van der Waals surface area contributed by atoms with Crippen LogP contribution in [0.3, 0.4) is 0 Å². The second kappa shape index (κ2) is 3.51. The van der Waals surface area contributed by atoms with Gasteiger partial charge in [-0.1, -0.05) is 12.1 Å². The van der Waals surface area contributed by atoms with Crippen molar-refractivity contribution in [2.45, 2.75) is 0 Å². The smallest absolute Gasteiger partial charge is 0.353 e. The molecule has 1 heterocycles. The Morgan fingerprint density at radius 2 is 2.20 bits per heavy atom. The third-order valence-corrected chi connectivity index (χ3v) is 2.82. The molecule has 0 aliphatic heterocycles. The zero-order chi connectivity index (χ0) is 11.0. The number of aldehydes is 1. The van der Waals surface area contributed by atoms with E-state index in [0.717, 1.165) is 4.47 Å². The van der Waals surface area contributed by atoms with Crippen LogP contribution in [0, 0.1) is 0 Å². The number of carboxylic acid groups (broad SMARTS) is 1. The first-order valence-corrected chi connectivity index (χ1v) is 4.93. The van der Waals surface area contributed by atoms with Crippen LogP contribution < -0.4 is 0 Å². The van der Waals surface area contributed by atoms with Crippen LogP contribution in [0.2, 0.25) is 0 Å². The van der Waals surface area contributed by atoms with Crippen molar-refractivity contribution in [3.8, 4) is 0 Å². The Bertz CT molecular complexity index is 559. The Kier molecular flexibility index (Phi) is 2.32. The molecule has 76 valence electrons. The second-order valence-electron chi connectivity index (χ2n) is 3.00. The number of benzene rings is 1. The molecule has 1 aromatic heterocycles. The summed E-state index contributed by atoms with van der Waals surface area (Å²) in [5, 5.41) is 9.49. The highest BCUT2D eigenvalue weighted by Crippen LogP contribution is 2.27. The van der Waals surface area contributed by atoms with Gasteiger partial charge in [0.1, 0.15) is 5.69 Å². The van der Waals surface area contributed by atoms with Gasteiger partial charge in [-0.15, -0.1) is 0 Å². The summed E-state index contributed by atoms with van der Waals surface area (Å²) in [4.78, 5) is 24.4. The molecule has 0 aliphatic carbocycles. The predicted octanol–water partition coefficient (Wildman–Crippen LogP) is 2.44. The van der Waals surface area contributed by atoms with Crippen molar-refractivity contribution in [3.63, 3.8) is 0 Å². The molecule has 0 aliphatic rings. The van der Waals surface area contributed by atoms with E-state index < -0.39 is 5.97 Å². The molecule has 1 aromatic carbocycles. The van der Waals surface area contributed by atoms with E-state index in [-0.39, 0.29) is 11.3 Å². The fourth-order valence-electron chi connectivity index (χ4n) is 1.49. The first-order valence-electron chi connectivity index (χ1n) is 4.14. The predicted molar refractivity (Wildman–Crippen MR) is 58.3 cm³/mol. The molecule has 0 amide bonds. The lowest BCUT2D eigenvalue weighted by Gasteiger charge is -1.92. The number of halogens is 1. The topological polar surface area (TPSA) is 70.2 Å². The third kappa shape index (κ3) is 1.45. The number of carbonyl (C=O) groups excluding carboxylic acids is 1. The lowest BCUT2D eigenvalue weighted by atomic mass is 10.1. The number of carbonyl (C=O) groups is 2. The molecule has 15 heavy (non-hydrogen) atoms. The normalized spacial score (nSPS) is 10.5. The summed E-state index contributed by atoms with van der Waals surface area (Å²) >= 11 is 3.28. The van der Waals surface area contributed by atoms with E-state index in [0.29, 0.717) is 17.2 Å². The van der Waals surface area contributed by atoms with Gasteiger partial charge in [-0.25, -0.2) is 4.79 Å². The Hall–Kier alpha value is -1.62. The number of aromatic nitrogens is 1. The molecule has 5 heteroatoms. The van der Waals surface area contributed by atoms with E-state index in [9.17, 15) is 9.59 Å². The van der Waals surface area contributed by atoms with Crippen molar-refractivity contribution in [1.29, 1.82) is 0 Å². The Labute approximate surface area is 93.0 Å². The molecule has 0 spiro atoms. The number of hydrogen-bond acceptors (Lipinski definition) is 2. The average Bonchev–Trinajstić information content (AvgIpc) is 2.57. The number of aromatic amines is 1. The van der Waals surface area contributed by atoms with Crippen molar-refractivity contribution in [1.82, 2.24) is 4.98 Å². The number of hydrogen-bond donors (Lipinski definition) is 2. The highest BCUT2D eigenvalue weighted by molar-refractivity contribution is 9.10. The fourth-order valence-corrected chi connectivity index (χ4v) is 1.96. The van der Waals surface area contributed by atoms with Gasteiger partial charge in [-0.2, -0.15) is 0 Å². The van der Waals surface area contributed by atoms with Crippen LogP contribution >= 0.6 is 15.9 Å². The molecule has 0 atom stereocenters. The largest absolute Gasteiger partial charge is 0.477 e. The summed E-state index contributed by atoms with van der Waals surface area (Å²) in [5.74, 6) is -1.14. The van der Waals surface area contributed by atoms with Gasteiger partial charge in [-0.05, 0) is 22.0 Å². The number of rotatable bonds is 2. The van der Waals surface area contributed by atoms with Crippen LogP contribution in [-0.4, -0.2) is 22.3 Å². The minimum Gasteiger partial charge on any atom is -0.477 e. The number of nitrogens with one attached hydrogen (secondary N) is 1. The lowest BCUT2D eigenvalue weighted by molar-refractivity contribution is 0.0688. The summed E-state index contributed by atoms with van der Waals surface area (Å²) in [6, 6.07) is 5.23. The molecule has 0 fully saturated rings. The highest BCUT2D eigenvalue weighted by atomic mass is 79.9. The molecule has 0 saturated heterocycles. The van der Waals surface area contributed by atoms with Gasteiger partial charge >= 0.3 is 5.97 Å². The van der Waals surface area contributed by atoms with Gasteiger partial charge < -0.3 is 10.1 Å². The van der Waals surface area contributed by atoms with Gasteiger partial charge in [-0.3, -0.25) is 4.79 Å². The first kappa shape index (κ1) is 9.92. The summed E-state index contributed by atoms with van der Waals surface area (Å²) in [6.07, 6.45) is 0.550. The van der Waals surface area contributed by atoms with E-state index >= 15 is 0 Å². The number of para-hydroxylation sites is 1. The van der Waals surface area contributed by atoms with Crippen molar-refractivity contribution in [2.24, 2.45) is 0 Å². The molecule has 0 unspecified atom stereocenters. The number of fused-ring (bicyclic) bond motifs is 1. The van der Waals surface area contributed by atoms with Crippen molar-refractivity contribution in [2.75, 3.05) is 0 Å². The SMILES string of the molecule is O=Cc1c(C(=O)O)[nH]c2c(Br)cccc12. The first-order chi connectivity index (χ1) is 7.15. The maximum atomic E-state index is 10.9. The van der Waals surface area contributed by atoms with E-state index in [1.165, 1.54) is 0 Å². The van der Waals surface area contributed by atoms with Crippen molar-refractivity contribution in [3.05, 3.63) is 33.9 Å². The van der Waals surface area contributed by atoms with Crippen LogP contribution in [0.1, 0.15) is 20.8 Å². The Morgan fingerprint density at radius 3 is 2.80 bits per heavy atom. The number of H-pyrrole nitrogens is 1. The summed E-state index contributed by atoms with van der Waals surface area (Å²) in [5.41, 5.74) is 0.725. The van der Waals surface area contributed by atoms with Gasteiger partial charge in [0.25, 0.3) is 0 Å². The second-order valence-corrected chi connectivity index (χ2v) is 3.85. The van der Waals surface area contributed by atoms with Gasteiger partial charge in [0, 0.05) is 9.86 Å². The zero-order valence-corrected chi connectivity index (χ0v) is 9.04. The molecule has 4 nitrogen and oxygen atoms in total. The minimum atomic E-state index is -1.14. The molecule has 2 aromatic rings. The van der Waals surface area contributed by atoms with Crippen LogP contribution in [0.4, 0.5) is 0 Å². The maximum Gasteiger partial charge on any atom is 0.353 e. The van der Waals surface area contributed by atoms with E-state index in [2.05, 4.69) is 20.9 Å². The van der Waals surface area contributed by atoms with E-state index in [4.69, 9.17) is 5.11 Å². The molecule has 0 saturated carbocycles. The van der Waals surface area contributed by atoms with Gasteiger partial charge in [0.2, 0.25) is 0 Å². The average molecular weight is 268 g/mol. The molecule has 2 N–H and O–H groups in total. The third-order valence-electron chi connectivity index (χ3n) is 2.15. The van der Waals surface area contributed by atoms with E-state index in [1.807, 2.05) is 0 Å². The molecule has 0 radical (unpaired) electrons. The summed E-state index contributed by atoms with van der Waals surface area (Å²) in [6.45, 7) is 0. The maximum absolute atomic E-state index is 10.9. The summed E-state index contributed by atoms with van der Waals surface area (Å²) in [7, 11) is 0. The van der Waals surface area contributed by atoms with Crippen LogP contribution in [0.5, 0.6) is 0 Å². The quantitative estimate of drug-likeness (QED) is 0.822. The summed E-state index contributed by atoms with van der Waals surface area (Å²) < 4.78 is 0.732. The zero-order valence-electron chi connectivity index (χ0n) is 7.45. The van der Waals surface area contributed by atoms with Crippen molar-refractivity contribution >= 4 is 39.1 Å². The van der Waals surface area contributed by atoms with E-state index in [1.54, 1.807) is 18.2 Å². The monoisotopic (exact) mass is 267 g/mol. The van der Waals surface area contributed by atoms with Gasteiger partial charge in [0.15, 0.2) is 6.29 Å². The fraction of sp³-hybridized carbons (Fsp3) is 0. The highest BCUT2D eigenvalue weighted by Gasteiger charge is 2.17. The standard InChI is InChI=1S/C10H6BrNO3/c11-7-3-1-2-5-6(4-13)9(10(14)15)12-8(5)7/h1-4,12H,(H,14,15). The van der Waals surface area contributed by atoms with Crippen LogP contribution in [0.15, 0.2) is 22.7 Å². The van der Waals surface area contributed by atoms with Gasteiger partial charge in [0.05, 0.1) is 11.1 Å². The minimum absolute atomic E-state index is 0.0769. The lowest BCUT2D eigenvalue weighted by Crippen LogP contribution is -2.00. The number of aromatic carboxylic acids is 1. The molecule has 2 rings (SSSR count). The van der Waals surface area contributed by atoms with Crippen LogP contribution in [-0.2, 0) is 0 Å². The molecule has 0 bridgehead atoms. The number of carboxylic acids is 1. The van der Waals surface area contributed by atoms with Crippen molar-refractivity contribution < 1.29 is 14.7 Å². The Balaban J connectivity index is 2.90. The van der Waals surface area contributed by atoms with Crippen LogP contribution in [0.25, 0.3) is 10.9 Å².